The van der Waals surface area contributed by atoms with E-state index >= 15 is 0 Å². The van der Waals surface area contributed by atoms with E-state index in [1.165, 1.54) is 0 Å². The summed E-state index contributed by atoms with van der Waals surface area (Å²) in [6.45, 7) is 4.07. The fourth-order valence-corrected chi connectivity index (χ4v) is 3.51. The minimum absolute atomic E-state index is 0.124. The Balaban J connectivity index is 1.80. The first-order valence-corrected chi connectivity index (χ1v) is 8.70. The standard InChI is InChI=1S/C18H24N4O3/c1-19-17(24)6-5-13(12-23)22-11-15-14(18(22)25)3-2-4-16(15)21-9-7-20-8-10-21/h2-4,12-13,20H,5-11H2,1H3,(H,19,24). The van der Waals surface area contributed by atoms with Gasteiger partial charge in [-0.15, -0.1) is 0 Å². The van der Waals surface area contributed by atoms with Crippen LogP contribution in [0, 0.1) is 0 Å². The number of rotatable bonds is 6. The molecule has 1 unspecified atom stereocenters. The van der Waals surface area contributed by atoms with Gasteiger partial charge in [-0.2, -0.15) is 0 Å². The maximum atomic E-state index is 12.8. The zero-order valence-electron chi connectivity index (χ0n) is 14.5. The predicted molar refractivity (Wildman–Crippen MR) is 94.6 cm³/mol. The molecule has 1 fully saturated rings. The van der Waals surface area contributed by atoms with Crippen molar-refractivity contribution in [2.45, 2.75) is 25.4 Å². The highest BCUT2D eigenvalue weighted by atomic mass is 16.2. The molecule has 0 aromatic heterocycles. The molecule has 7 nitrogen and oxygen atoms in total. The average molecular weight is 344 g/mol. The van der Waals surface area contributed by atoms with Crippen LogP contribution >= 0.6 is 0 Å². The molecule has 3 rings (SSSR count). The number of hydrogen-bond donors (Lipinski definition) is 2. The fourth-order valence-electron chi connectivity index (χ4n) is 3.51. The van der Waals surface area contributed by atoms with Gasteiger partial charge >= 0.3 is 0 Å². The summed E-state index contributed by atoms with van der Waals surface area (Å²) in [6.07, 6.45) is 1.34. The Morgan fingerprint density at radius 1 is 1.36 bits per heavy atom. The molecule has 25 heavy (non-hydrogen) atoms. The van der Waals surface area contributed by atoms with Gasteiger partial charge in [-0.1, -0.05) is 6.07 Å². The van der Waals surface area contributed by atoms with E-state index in [4.69, 9.17) is 0 Å². The van der Waals surface area contributed by atoms with Gasteiger partial charge in [-0.3, -0.25) is 9.59 Å². The van der Waals surface area contributed by atoms with E-state index in [1.807, 2.05) is 18.2 Å². The second-order valence-corrected chi connectivity index (χ2v) is 6.39. The summed E-state index contributed by atoms with van der Waals surface area (Å²) >= 11 is 0. The van der Waals surface area contributed by atoms with Crippen LogP contribution in [-0.2, 0) is 16.1 Å². The predicted octanol–water partition coefficient (Wildman–Crippen LogP) is 0.146. The molecule has 2 heterocycles. The maximum absolute atomic E-state index is 12.8. The Morgan fingerprint density at radius 3 is 2.80 bits per heavy atom. The van der Waals surface area contributed by atoms with Crippen LogP contribution < -0.4 is 15.5 Å². The van der Waals surface area contributed by atoms with Crippen LogP contribution in [0.2, 0.25) is 0 Å². The minimum Gasteiger partial charge on any atom is -0.369 e. The molecule has 7 heteroatoms. The highest BCUT2D eigenvalue weighted by molar-refractivity contribution is 6.01. The number of nitrogens with one attached hydrogen (secondary N) is 2. The molecule has 0 spiro atoms. The van der Waals surface area contributed by atoms with Crippen LogP contribution in [0.25, 0.3) is 0 Å². The Kier molecular flexibility index (Phi) is 5.33. The van der Waals surface area contributed by atoms with Gasteiger partial charge in [0, 0.05) is 63.0 Å². The average Bonchev–Trinajstić information content (AvgIpc) is 2.99. The Hall–Kier alpha value is -2.41. The number of nitrogens with zero attached hydrogens (tertiary/aromatic N) is 2. The van der Waals surface area contributed by atoms with E-state index in [1.54, 1.807) is 11.9 Å². The second kappa shape index (κ2) is 7.65. The van der Waals surface area contributed by atoms with Crippen molar-refractivity contribution in [1.29, 1.82) is 0 Å². The molecule has 1 saturated heterocycles. The third-order valence-electron chi connectivity index (χ3n) is 4.93. The van der Waals surface area contributed by atoms with Crippen molar-refractivity contribution in [1.82, 2.24) is 15.5 Å². The number of aldehydes is 1. The number of carbonyl (C=O) groups is 3. The summed E-state index contributed by atoms with van der Waals surface area (Å²) in [6, 6.07) is 5.19. The van der Waals surface area contributed by atoms with E-state index in [0.29, 0.717) is 18.5 Å². The largest absolute Gasteiger partial charge is 0.369 e. The van der Waals surface area contributed by atoms with Crippen molar-refractivity contribution in [2.24, 2.45) is 0 Å². The summed E-state index contributed by atoms with van der Waals surface area (Å²) in [5, 5.41) is 5.87. The molecule has 0 bridgehead atoms. The number of carbonyl (C=O) groups excluding carboxylic acids is 3. The Labute approximate surface area is 147 Å². The molecule has 0 aliphatic carbocycles. The highest BCUT2D eigenvalue weighted by Crippen LogP contribution is 2.33. The SMILES string of the molecule is CNC(=O)CCC(C=O)N1Cc2c(cccc2N2CCNCC2)C1=O. The van der Waals surface area contributed by atoms with E-state index < -0.39 is 6.04 Å². The smallest absolute Gasteiger partial charge is 0.255 e. The fraction of sp³-hybridized carbons (Fsp3) is 0.500. The number of anilines is 1. The van der Waals surface area contributed by atoms with Gasteiger partial charge in [0.1, 0.15) is 6.29 Å². The molecule has 2 aliphatic rings. The van der Waals surface area contributed by atoms with Gasteiger partial charge in [0.05, 0.1) is 6.04 Å². The normalized spacial score (nSPS) is 18.0. The van der Waals surface area contributed by atoms with Crippen molar-refractivity contribution < 1.29 is 14.4 Å². The Bertz CT molecular complexity index is 670. The molecular formula is C18H24N4O3. The molecule has 1 atom stereocenters. The zero-order valence-corrected chi connectivity index (χ0v) is 14.5. The zero-order chi connectivity index (χ0) is 17.8. The van der Waals surface area contributed by atoms with Crippen molar-refractivity contribution in [2.75, 3.05) is 38.1 Å². The highest BCUT2D eigenvalue weighted by Gasteiger charge is 2.35. The molecule has 1 aromatic carbocycles. The van der Waals surface area contributed by atoms with Gasteiger partial charge in [-0.05, 0) is 18.6 Å². The third kappa shape index (κ3) is 3.51. The lowest BCUT2D eigenvalue weighted by Crippen LogP contribution is -2.44. The monoisotopic (exact) mass is 344 g/mol. The molecule has 2 aliphatic heterocycles. The Morgan fingerprint density at radius 2 is 2.12 bits per heavy atom. The summed E-state index contributed by atoms with van der Waals surface area (Å²) < 4.78 is 0. The van der Waals surface area contributed by atoms with Crippen LogP contribution in [0.3, 0.4) is 0 Å². The molecule has 0 saturated carbocycles. The lowest BCUT2D eigenvalue weighted by Gasteiger charge is -2.31. The van der Waals surface area contributed by atoms with Crippen LogP contribution in [0.1, 0.15) is 28.8 Å². The van der Waals surface area contributed by atoms with Crippen LogP contribution in [0.5, 0.6) is 0 Å². The second-order valence-electron chi connectivity index (χ2n) is 6.39. The molecule has 2 amide bonds. The van der Waals surface area contributed by atoms with Crippen LogP contribution in [-0.4, -0.2) is 62.3 Å². The quantitative estimate of drug-likeness (QED) is 0.718. The number of amides is 2. The van der Waals surface area contributed by atoms with E-state index in [2.05, 4.69) is 15.5 Å². The number of fused-ring (bicyclic) bond motifs is 1. The minimum atomic E-state index is -0.576. The van der Waals surface area contributed by atoms with Gasteiger partial charge in [-0.25, -0.2) is 0 Å². The summed E-state index contributed by atoms with van der Waals surface area (Å²) in [4.78, 5) is 39.7. The molecule has 0 radical (unpaired) electrons. The van der Waals surface area contributed by atoms with Gasteiger partial charge in [0.2, 0.25) is 5.91 Å². The van der Waals surface area contributed by atoms with Gasteiger partial charge in [0.15, 0.2) is 0 Å². The van der Waals surface area contributed by atoms with Crippen molar-refractivity contribution in [3.05, 3.63) is 29.3 Å². The van der Waals surface area contributed by atoms with E-state index in [-0.39, 0.29) is 18.2 Å². The van der Waals surface area contributed by atoms with Crippen molar-refractivity contribution in [3.8, 4) is 0 Å². The lowest BCUT2D eigenvalue weighted by molar-refractivity contribution is -0.121. The first-order valence-electron chi connectivity index (χ1n) is 8.70. The molecule has 2 N–H and O–H groups in total. The van der Waals surface area contributed by atoms with E-state index in [0.717, 1.165) is 43.7 Å². The van der Waals surface area contributed by atoms with Crippen LogP contribution in [0.4, 0.5) is 5.69 Å². The third-order valence-corrected chi connectivity index (χ3v) is 4.93. The number of piperazine rings is 1. The first-order chi connectivity index (χ1) is 12.2. The van der Waals surface area contributed by atoms with Crippen molar-refractivity contribution in [3.63, 3.8) is 0 Å². The molecular weight excluding hydrogens is 320 g/mol. The number of hydrogen-bond acceptors (Lipinski definition) is 5. The number of benzene rings is 1. The van der Waals surface area contributed by atoms with Gasteiger partial charge in [0.25, 0.3) is 5.91 Å². The summed E-state index contributed by atoms with van der Waals surface area (Å²) in [5.74, 6) is -0.251. The molecule has 134 valence electrons. The lowest BCUT2D eigenvalue weighted by atomic mass is 10.1. The van der Waals surface area contributed by atoms with Crippen LogP contribution in [0.15, 0.2) is 18.2 Å². The maximum Gasteiger partial charge on any atom is 0.255 e. The summed E-state index contributed by atoms with van der Waals surface area (Å²) in [7, 11) is 1.56. The van der Waals surface area contributed by atoms with E-state index in [9.17, 15) is 14.4 Å². The molecule has 1 aromatic rings. The van der Waals surface area contributed by atoms with Gasteiger partial charge < -0.3 is 25.2 Å². The summed E-state index contributed by atoms with van der Waals surface area (Å²) in [5.41, 5.74) is 2.73. The first kappa shape index (κ1) is 17.4. The van der Waals surface area contributed by atoms with Crippen molar-refractivity contribution >= 4 is 23.8 Å². The topological polar surface area (TPSA) is 81.8 Å².